The van der Waals surface area contributed by atoms with E-state index in [-0.39, 0.29) is 6.10 Å². The van der Waals surface area contributed by atoms with Gasteiger partial charge >= 0.3 is 0 Å². The molecule has 0 amide bonds. The molecule has 1 N–H and O–H groups in total. The molecule has 3 nitrogen and oxygen atoms in total. The summed E-state index contributed by atoms with van der Waals surface area (Å²) in [5.41, 5.74) is 2.12. The second kappa shape index (κ2) is 5.68. The van der Waals surface area contributed by atoms with Gasteiger partial charge in [0.1, 0.15) is 6.10 Å². The predicted molar refractivity (Wildman–Crippen MR) is 77.1 cm³/mol. The van der Waals surface area contributed by atoms with Crippen LogP contribution in [0.5, 0.6) is 0 Å². The molecule has 0 saturated carbocycles. The van der Waals surface area contributed by atoms with Crippen LogP contribution in [-0.4, -0.2) is 25.2 Å². The number of ether oxygens (including phenoxy) is 1. The lowest BCUT2D eigenvalue weighted by molar-refractivity contribution is -0.0295. The number of benzene rings is 1. The fourth-order valence-electron chi connectivity index (χ4n) is 2.88. The molecule has 2 aromatic rings. The second-order valence-electron chi connectivity index (χ2n) is 5.18. The van der Waals surface area contributed by atoms with Crippen molar-refractivity contribution in [1.29, 1.82) is 0 Å². The van der Waals surface area contributed by atoms with Crippen LogP contribution in [0.4, 0.5) is 0 Å². The zero-order valence-corrected chi connectivity index (χ0v) is 11.3. The van der Waals surface area contributed by atoms with Gasteiger partial charge in [0, 0.05) is 24.5 Å². The van der Waals surface area contributed by atoms with Crippen molar-refractivity contribution >= 4 is 10.9 Å². The lowest BCUT2D eigenvalue weighted by atomic mass is 9.91. The van der Waals surface area contributed by atoms with Crippen molar-refractivity contribution in [2.45, 2.75) is 18.9 Å². The maximum absolute atomic E-state index is 5.98. The number of nitrogens with zero attached hydrogens (tertiary/aromatic N) is 1. The fraction of sp³-hybridized carbons (Fsp3) is 0.438. The van der Waals surface area contributed by atoms with E-state index in [1.54, 1.807) is 0 Å². The van der Waals surface area contributed by atoms with Crippen molar-refractivity contribution in [1.82, 2.24) is 10.3 Å². The fourth-order valence-corrected chi connectivity index (χ4v) is 2.88. The summed E-state index contributed by atoms with van der Waals surface area (Å²) < 4.78 is 5.98. The van der Waals surface area contributed by atoms with Gasteiger partial charge in [0.2, 0.25) is 0 Å². The summed E-state index contributed by atoms with van der Waals surface area (Å²) >= 11 is 0. The first-order chi connectivity index (χ1) is 9.38. The largest absolute Gasteiger partial charge is 0.372 e. The van der Waals surface area contributed by atoms with Gasteiger partial charge in [-0.25, -0.2) is 0 Å². The highest BCUT2D eigenvalue weighted by Gasteiger charge is 2.27. The standard InChI is InChI=1S/C16H20N2O/c1-17-11-13-6-4-10-19-16(13)15-9-8-12-5-2-3-7-14(12)18-15/h2-3,5,7-9,13,16-17H,4,6,10-11H2,1H3. The van der Waals surface area contributed by atoms with Gasteiger partial charge in [0.25, 0.3) is 0 Å². The Morgan fingerprint density at radius 3 is 3.05 bits per heavy atom. The van der Waals surface area contributed by atoms with Crippen molar-refractivity contribution in [3.8, 4) is 0 Å². The highest BCUT2D eigenvalue weighted by Crippen LogP contribution is 2.32. The van der Waals surface area contributed by atoms with Gasteiger partial charge in [-0.2, -0.15) is 0 Å². The number of para-hydroxylation sites is 1. The van der Waals surface area contributed by atoms with E-state index in [9.17, 15) is 0 Å². The molecule has 0 aliphatic carbocycles. The first-order valence-corrected chi connectivity index (χ1v) is 7.00. The smallest absolute Gasteiger partial charge is 0.103 e. The van der Waals surface area contributed by atoms with Gasteiger partial charge in [0.05, 0.1) is 11.2 Å². The highest BCUT2D eigenvalue weighted by molar-refractivity contribution is 5.78. The zero-order chi connectivity index (χ0) is 13.1. The number of nitrogens with one attached hydrogen (secondary N) is 1. The van der Waals surface area contributed by atoms with Crippen LogP contribution in [-0.2, 0) is 4.74 Å². The molecule has 100 valence electrons. The molecule has 19 heavy (non-hydrogen) atoms. The zero-order valence-electron chi connectivity index (χ0n) is 11.3. The van der Waals surface area contributed by atoms with Crippen molar-refractivity contribution in [3.63, 3.8) is 0 Å². The Morgan fingerprint density at radius 2 is 2.16 bits per heavy atom. The van der Waals surface area contributed by atoms with Gasteiger partial charge in [0.15, 0.2) is 0 Å². The number of aromatic nitrogens is 1. The van der Waals surface area contributed by atoms with Gasteiger partial charge in [-0.3, -0.25) is 4.98 Å². The average molecular weight is 256 g/mol. The highest BCUT2D eigenvalue weighted by atomic mass is 16.5. The summed E-state index contributed by atoms with van der Waals surface area (Å²) in [5.74, 6) is 0.521. The van der Waals surface area contributed by atoms with Gasteiger partial charge in [-0.1, -0.05) is 24.3 Å². The quantitative estimate of drug-likeness (QED) is 0.917. The Kier molecular flexibility index (Phi) is 3.76. The van der Waals surface area contributed by atoms with E-state index in [4.69, 9.17) is 9.72 Å². The van der Waals surface area contributed by atoms with E-state index in [1.165, 1.54) is 11.8 Å². The number of rotatable bonds is 3. The molecule has 1 aromatic heterocycles. The minimum absolute atomic E-state index is 0.130. The Balaban J connectivity index is 1.92. The Labute approximate surface area is 114 Å². The van der Waals surface area contributed by atoms with Gasteiger partial charge in [-0.15, -0.1) is 0 Å². The summed E-state index contributed by atoms with van der Waals surface area (Å²) in [7, 11) is 2.00. The third-order valence-corrected chi connectivity index (χ3v) is 3.82. The lowest BCUT2D eigenvalue weighted by Crippen LogP contribution is -2.30. The van der Waals surface area contributed by atoms with E-state index in [0.29, 0.717) is 5.92 Å². The molecule has 2 atom stereocenters. The molecule has 1 aromatic carbocycles. The van der Waals surface area contributed by atoms with E-state index < -0.39 is 0 Å². The molecular formula is C16H20N2O. The summed E-state index contributed by atoms with van der Waals surface area (Å²) in [6.07, 6.45) is 2.49. The topological polar surface area (TPSA) is 34.1 Å². The second-order valence-corrected chi connectivity index (χ2v) is 5.18. The van der Waals surface area contributed by atoms with E-state index in [2.05, 4.69) is 29.6 Å². The summed E-state index contributed by atoms with van der Waals surface area (Å²) in [6, 6.07) is 12.5. The molecule has 1 saturated heterocycles. The molecule has 1 aliphatic heterocycles. The van der Waals surface area contributed by atoms with Crippen LogP contribution in [0.3, 0.4) is 0 Å². The van der Waals surface area contributed by atoms with Crippen molar-refractivity contribution in [2.24, 2.45) is 5.92 Å². The SMILES string of the molecule is CNCC1CCCOC1c1ccc2ccccc2n1. The average Bonchev–Trinajstić information content (AvgIpc) is 2.48. The molecule has 2 heterocycles. The Bertz CT molecular complexity index is 553. The van der Waals surface area contributed by atoms with Crippen LogP contribution in [0.15, 0.2) is 36.4 Å². The number of hydrogen-bond acceptors (Lipinski definition) is 3. The molecule has 0 bridgehead atoms. The number of fused-ring (bicyclic) bond motifs is 1. The molecule has 0 spiro atoms. The van der Waals surface area contributed by atoms with Crippen molar-refractivity contribution in [2.75, 3.05) is 20.2 Å². The molecule has 3 rings (SSSR count). The summed E-state index contributed by atoms with van der Waals surface area (Å²) in [6.45, 7) is 1.83. The van der Waals surface area contributed by atoms with E-state index in [1.807, 2.05) is 19.2 Å². The summed E-state index contributed by atoms with van der Waals surface area (Å²) in [5, 5.41) is 4.45. The molecule has 1 aliphatic rings. The van der Waals surface area contributed by atoms with Gasteiger partial charge < -0.3 is 10.1 Å². The maximum Gasteiger partial charge on any atom is 0.103 e. The lowest BCUT2D eigenvalue weighted by Gasteiger charge is -2.31. The first kappa shape index (κ1) is 12.6. The monoisotopic (exact) mass is 256 g/mol. The Morgan fingerprint density at radius 1 is 1.26 bits per heavy atom. The van der Waals surface area contributed by atoms with Crippen LogP contribution in [0.2, 0.25) is 0 Å². The summed E-state index contributed by atoms with van der Waals surface area (Å²) in [4.78, 5) is 4.78. The number of pyridine rings is 1. The van der Waals surface area contributed by atoms with Crippen LogP contribution >= 0.6 is 0 Å². The first-order valence-electron chi connectivity index (χ1n) is 7.00. The molecule has 1 fully saturated rings. The minimum atomic E-state index is 0.130. The van der Waals surface area contributed by atoms with Crippen LogP contribution in [0.1, 0.15) is 24.6 Å². The third kappa shape index (κ3) is 2.62. The molecule has 2 unspecified atom stereocenters. The Hall–Kier alpha value is -1.45. The van der Waals surface area contributed by atoms with Gasteiger partial charge in [-0.05, 0) is 32.0 Å². The minimum Gasteiger partial charge on any atom is -0.372 e. The maximum atomic E-state index is 5.98. The predicted octanol–water partition coefficient (Wildman–Crippen LogP) is 2.92. The van der Waals surface area contributed by atoms with Crippen LogP contribution < -0.4 is 5.32 Å². The van der Waals surface area contributed by atoms with Crippen molar-refractivity contribution < 1.29 is 4.74 Å². The van der Waals surface area contributed by atoms with Crippen LogP contribution in [0.25, 0.3) is 10.9 Å². The number of hydrogen-bond donors (Lipinski definition) is 1. The van der Waals surface area contributed by atoms with E-state index >= 15 is 0 Å². The molecular weight excluding hydrogens is 236 g/mol. The van der Waals surface area contributed by atoms with Crippen molar-refractivity contribution in [3.05, 3.63) is 42.1 Å². The van der Waals surface area contributed by atoms with E-state index in [0.717, 1.165) is 30.8 Å². The normalized spacial score (nSPS) is 23.6. The third-order valence-electron chi connectivity index (χ3n) is 3.82. The van der Waals surface area contributed by atoms with Crippen LogP contribution in [0, 0.1) is 5.92 Å². The molecule has 0 radical (unpaired) electrons. The molecule has 3 heteroatoms.